The second-order valence-electron chi connectivity index (χ2n) is 5.59. The summed E-state index contributed by atoms with van der Waals surface area (Å²) in [7, 11) is 0. The first kappa shape index (κ1) is 13.1. The lowest BCUT2D eigenvalue weighted by Crippen LogP contribution is -2.38. The van der Waals surface area contributed by atoms with Gasteiger partial charge in [0, 0.05) is 12.6 Å². The van der Waals surface area contributed by atoms with E-state index in [0.29, 0.717) is 11.7 Å². The molecule has 2 amide bonds. The predicted molar refractivity (Wildman–Crippen MR) is 73.4 cm³/mol. The number of imidazole rings is 1. The van der Waals surface area contributed by atoms with Gasteiger partial charge in [0.05, 0.1) is 12.2 Å². The Morgan fingerprint density at radius 2 is 2.15 bits per heavy atom. The summed E-state index contributed by atoms with van der Waals surface area (Å²) in [5.41, 5.74) is 1.50. The minimum Gasteiger partial charge on any atom is -0.352 e. The Morgan fingerprint density at radius 1 is 1.35 bits per heavy atom. The van der Waals surface area contributed by atoms with Crippen molar-refractivity contribution in [1.82, 2.24) is 20.2 Å². The molecule has 0 saturated heterocycles. The predicted octanol–water partition coefficient (Wildman–Crippen LogP) is 0.536. The van der Waals surface area contributed by atoms with Crippen LogP contribution in [0.4, 0.5) is 0 Å². The number of amides is 2. The molecule has 1 aromatic heterocycles. The van der Waals surface area contributed by atoms with Crippen LogP contribution in [0.5, 0.6) is 0 Å². The van der Waals surface area contributed by atoms with Crippen molar-refractivity contribution in [2.24, 2.45) is 0 Å². The van der Waals surface area contributed by atoms with Crippen LogP contribution in [-0.4, -0.2) is 34.0 Å². The maximum absolute atomic E-state index is 12.2. The van der Waals surface area contributed by atoms with Crippen molar-refractivity contribution in [2.45, 2.75) is 51.6 Å². The van der Waals surface area contributed by atoms with Gasteiger partial charge in [-0.25, -0.2) is 4.98 Å². The third kappa shape index (κ3) is 2.69. The summed E-state index contributed by atoms with van der Waals surface area (Å²) >= 11 is 0. The average molecular weight is 276 g/mol. The van der Waals surface area contributed by atoms with Crippen LogP contribution in [0.1, 0.15) is 47.7 Å². The topological polar surface area (TPSA) is 76.0 Å². The van der Waals surface area contributed by atoms with Crippen LogP contribution < -0.4 is 10.6 Å². The van der Waals surface area contributed by atoms with Gasteiger partial charge >= 0.3 is 0 Å². The number of carbonyl (C=O) groups excluding carboxylic acids is 2. The van der Waals surface area contributed by atoms with Crippen LogP contribution in [0.15, 0.2) is 0 Å². The quantitative estimate of drug-likeness (QED) is 0.842. The number of nitrogens with one attached hydrogen (secondary N) is 2. The van der Waals surface area contributed by atoms with E-state index in [1.807, 2.05) is 6.92 Å². The lowest BCUT2D eigenvalue weighted by Gasteiger charge is -2.16. The van der Waals surface area contributed by atoms with E-state index >= 15 is 0 Å². The lowest BCUT2D eigenvalue weighted by molar-refractivity contribution is -0.120. The molecule has 6 heteroatoms. The highest BCUT2D eigenvalue weighted by Gasteiger charge is 2.25. The second kappa shape index (κ2) is 5.26. The van der Waals surface area contributed by atoms with Gasteiger partial charge in [-0.2, -0.15) is 0 Å². The van der Waals surface area contributed by atoms with Gasteiger partial charge in [0.15, 0.2) is 0 Å². The monoisotopic (exact) mass is 276 g/mol. The van der Waals surface area contributed by atoms with Crippen molar-refractivity contribution < 1.29 is 9.59 Å². The first-order valence-electron chi connectivity index (χ1n) is 7.28. The van der Waals surface area contributed by atoms with Gasteiger partial charge in [-0.3, -0.25) is 9.59 Å². The summed E-state index contributed by atoms with van der Waals surface area (Å²) < 4.78 is 2.11. The molecule has 1 aliphatic carbocycles. The number of nitrogens with zero attached hydrogens (tertiary/aromatic N) is 2. The molecule has 0 radical (unpaired) electrons. The smallest absolute Gasteiger partial charge is 0.272 e. The molecule has 3 rings (SSSR count). The standard InChI is InChI=1S/C14H20N4O2/c1-9-16-13(11-4-2-3-7-18(9)11)14(20)15-8-12(19)17-10-5-6-10/h10H,2-8H2,1H3,(H,15,20)(H,17,19). The van der Waals surface area contributed by atoms with Crippen LogP contribution >= 0.6 is 0 Å². The van der Waals surface area contributed by atoms with Gasteiger partial charge < -0.3 is 15.2 Å². The van der Waals surface area contributed by atoms with Crippen LogP contribution in [0, 0.1) is 6.92 Å². The largest absolute Gasteiger partial charge is 0.352 e. The van der Waals surface area contributed by atoms with Crippen molar-refractivity contribution in [3.8, 4) is 0 Å². The van der Waals surface area contributed by atoms with E-state index < -0.39 is 0 Å². The first-order valence-corrected chi connectivity index (χ1v) is 7.28. The highest BCUT2D eigenvalue weighted by Crippen LogP contribution is 2.20. The summed E-state index contributed by atoms with van der Waals surface area (Å²) in [5, 5.41) is 5.52. The Hall–Kier alpha value is -1.85. The zero-order chi connectivity index (χ0) is 14.1. The molecule has 2 N–H and O–H groups in total. The van der Waals surface area contributed by atoms with Gasteiger partial charge in [-0.1, -0.05) is 0 Å². The maximum atomic E-state index is 12.2. The Bertz CT molecular complexity index is 546. The van der Waals surface area contributed by atoms with Gasteiger partial charge in [0.2, 0.25) is 5.91 Å². The van der Waals surface area contributed by atoms with Crippen molar-refractivity contribution in [2.75, 3.05) is 6.54 Å². The molecule has 2 heterocycles. The number of hydrogen-bond donors (Lipinski definition) is 2. The molecule has 1 aromatic rings. The Balaban J connectivity index is 1.63. The average Bonchev–Trinajstić information content (AvgIpc) is 3.19. The highest BCUT2D eigenvalue weighted by molar-refractivity contribution is 5.96. The van der Waals surface area contributed by atoms with Crippen molar-refractivity contribution >= 4 is 11.8 Å². The molecule has 20 heavy (non-hydrogen) atoms. The third-order valence-electron chi connectivity index (χ3n) is 3.88. The molecule has 0 atom stereocenters. The first-order chi connectivity index (χ1) is 9.65. The number of aromatic nitrogens is 2. The van der Waals surface area contributed by atoms with E-state index in [-0.39, 0.29) is 18.4 Å². The molecule has 0 aromatic carbocycles. The Morgan fingerprint density at radius 3 is 2.90 bits per heavy atom. The van der Waals surface area contributed by atoms with Crippen LogP contribution in [0.25, 0.3) is 0 Å². The molecule has 108 valence electrons. The molecule has 0 unspecified atom stereocenters. The summed E-state index contributed by atoms with van der Waals surface area (Å²) in [6.07, 6.45) is 5.21. The molecule has 0 spiro atoms. The molecule has 2 aliphatic rings. The SMILES string of the molecule is Cc1nc(C(=O)NCC(=O)NC2CC2)c2n1CCCC2. The fourth-order valence-corrected chi connectivity index (χ4v) is 2.65. The molecule has 1 fully saturated rings. The Labute approximate surface area is 117 Å². The molecule has 1 saturated carbocycles. The second-order valence-corrected chi connectivity index (χ2v) is 5.59. The number of carbonyl (C=O) groups is 2. The molecule has 0 bridgehead atoms. The highest BCUT2D eigenvalue weighted by atomic mass is 16.2. The van der Waals surface area contributed by atoms with Gasteiger partial charge in [-0.05, 0) is 39.0 Å². The molecular weight excluding hydrogens is 256 g/mol. The molecule has 6 nitrogen and oxygen atoms in total. The van der Waals surface area contributed by atoms with Gasteiger partial charge in [-0.15, -0.1) is 0 Å². The van der Waals surface area contributed by atoms with E-state index in [4.69, 9.17) is 0 Å². The van der Waals surface area contributed by atoms with E-state index in [1.165, 1.54) is 0 Å². The fourth-order valence-electron chi connectivity index (χ4n) is 2.65. The normalized spacial score (nSPS) is 17.4. The minimum atomic E-state index is -0.241. The van der Waals surface area contributed by atoms with E-state index in [1.54, 1.807) is 0 Å². The molecule has 1 aliphatic heterocycles. The van der Waals surface area contributed by atoms with Crippen molar-refractivity contribution in [1.29, 1.82) is 0 Å². The van der Waals surface area contributed by atoms with Crippen molar-refractivity contribution in [3.05, 3.63) is 17.2 Å². The number of rotatable bonds is 4. The van der Waals surface area contributed by atoms with Crippen LogP contribution in [0.2, 0.25) is 0 Å². The van der Waals surface area contributed by atoms with Crippen molar-refractivity contribution in [3.63, 3.8) is 0 Å². The third-order valence-corrected chi connectivity index (χ3v) is 3.88. The zero-order valence-corrected chi connectivity index (χ0v) is 11.7. The van der Waals surface area contributed by atoms with Crippen LogP contribution in [-0.2, 0) is 17.8 Å². The van der Waals surface area contributed by atoms with Gasteiger partial charge in [0.25, 0.3) is 5.91 Å². The lowest BCUT2D eigenvalue weighted by atomic mass is 10.1. The summed E-state index contributed by atoms with van der Waals surface area (Å²) in [4.78, 5) is 28.1. The maximum Gasteiger partial charge on any atom is 0.272 e. The summed E-state index contributed by atoms with van der Waals surface area (Å²) in [6, 6.07) is 0.321. The van der Waals surface area contributed by atoms with E-state index in [9.17, 15) is 9.59 Å². The summed E-state index contributed by atoms with van der Waals surface area (Å²) in [6.45, 7) is 2.88. The van der Waals surface area contributed by atoms with Gasteiger partial charge in [0.1, 0.15) is 11.5 Å². The number of aryl methyl sites for hydroxylation is 1. The van der Waals surface area contributed by atoms with E-state index in [0.717, 1.165) is 50.2 Å². The summed E-state index contributed by atoms with van der Waals surface area (Å²) in [5.74, 6) is 0.521. The number of fused-ring (bicyclic) bond motifs is 1. The zero-order valence-electron chi connectivity index (χ0n) is 11.7. The fraction of sp³-hybridized carbons (Fsp3) is 0.643. The Kier molecular flexibility index (Phi) is 3.46. The molecular formula is C14H20N4O2. The van der Waals surface area contributed by atoms with E-state index in [2.05, 4.69) is 20.2 Å². The minimum absolute atomic E-state index is 0.0285. The van der Waals surface area contributed by atoms with Crippen LogP contribution in [0.3, 0.4) is 0 Å². The number of hydrogen-bond acceptors (Lipinski definition) is 3.